The SMILES string of the molecule is CC(C)(CCNC(=O)C1CCCN(C(=O)c2ccccc2)C1)C(=O)O. The maximum absolute atomic E-state index is 12.5. The second-order valence-electron chi connectivity index (χ2n) is 7.19. The highest BCUT2D eigenvalue weighted by Gasteiger charge is 2.30. The smallest absolute Gasteiger partial charge is 0.309 e. The first-order valence-corrected chi connectivity index (χ1v) is 8.67. The number of carbonyl (C=O) groups excluding carboxylic acids is 2. The zero-order valence-electron chi connectivity index (χ0n) is 14.8. The van der Waals surface area contributed by atoms with Gasteiger partial charge < -0.3 is 15.3 Å². The number of carboxylic acid groups (broad SMARTS) is 1. The number of piperidine rings is 1. The molecule has 2 amide bonds. The molecule has 6 heteroatoms. The summed E-state index contributed by atoms with van der Waals surface area (Å²) in [5.74, 6) is -1.27. The van der Waals surface area contributed by atoms with Gasteiger partial charge in [0.2, 0.25) is 5.91 Å². The van der Waals surface area contributed by atoms with Crippen molar-refractivity contribution in [1.82, 2.24) is 10.2 Å². The summed E-state index contributed by atoms with van der Waals surface area (Å²) in [5, 5.41) is 11.9. The monoisotopic (exact) mass is 346 g/mol. The van der Waals surface area contributed by atoms with Crippen molar-refractivity contribution in [3.8, 4) is 0 Å². The summed E-state index contributed by atoms with van der Waals surface area (Å²) < 4.78 is 0. The summed E-state index contributed by atoms with van der Waals surface area (Å²) >= 11 is 0. The van der Waals surface area contributed by atoms with Gasteiger partial charge in [0.25, 0.3) is 5.91 Å². The van der Waals surface area contributed by atoms with E-state index in [1.54, 1.807) is 30.9 Å². The summed E-state index contributed by atoms with van der Waals surface area (Å²) in [7, 11) is 0. The number of aliphatic carboxylic acids is 1. The number of rotatable bonds is 6. The molecule has 0 aromatic heterocycles. The number of carbonyl (C=O) groups is 3. The van der Waals surface area contributed by atoms with E-state index in [9.17, 15) is 14.4 Å². The van der Waals surface area contributed by atoms with Crippen LogP contribution in [0.5, 0.6) is 0 Å². The number of nitrogens with zero attached hydrogens (tertiary/aromatic N) is 1. The Morgan fingerprint density at radius 1 is 1.24 bits per heavy atom. The van der Waals surface area contributed by atoms with E-state index in [2.05, 4.69) is 5.32 Å². The maximum atomic E-state index is 12.5. The Morgan fingerprint density at radius 3 is 2.56 bits per heavy atom. The number of hydrogen-bond donors (Lipinski definition) is 2. The van der Waals surface area contributed by atoms with Crippen molar-refractivity contribution in [2.75, 3.05) is 19.6 Å². The van der Waals surface area contributed by atoms with Crippen LogP contribution in [0.4, 0.5) is 0 Å². The zero-order valence-corrected chi connectivity index (χ0v) is 14.8. The Labute approximate surface area is 148 Å². The molecule has 6 nitrogen and oxygen atoms in total. The lowest BCUT2D eigenvalue weighted by molar-refractivity contribution is -0.147. The fourth-order valence-electron chi connectivity index (χ4n) is 2.89. The predicted molar refractivity (Wildman–Crippen MR) is 94.1 cm³/mol. The minimum Gasteiger partial charge on any atom is -0.481 e. The van der Waals surface area contributed by atoms with Gasteiger partial charge in [0, 0.05) is 25.2 Å². The number of hydrogen-bond acceptors (Lipinski definition) is 3. The molecular formula is C19H26N2O4. The molecule has 136 valence electrons. The average Bonchev–Trinajstić information content (AvgIpc) is 2.61. The van der Waals surface area contributed by atoms with Crippen LogP contribution in [0, 0.1) is 11.3 Å². The minimum absolute atomic E-state index is 0.0508. The lowest BCUT2D eigenvalue weighted by Gasteiger charge is -2.32. The van der Waals surface area contributed by atoms with Crippen molar-refractivity contribution in [1.29, 1.82) is 0 Å². The molecule has 1 aromatic carbocycles. The lowest BCUT2D eigenvalue weighted by atomic mass is 9.89. The van der Waals surface area contributed by atoms with E-state index in [1.165, 1.54) is 0 Å². The molecule has 0 saturated carbocycles. The van der Waals surface area contributed by atoms with Crippen LogP contribution >= 0.6 is 0 Å². The number of benzene rings is 1. The van der Waals surface area contributed by atoms with E-state index in [4.69, 9.17) is 5.11 Å². The van der Waals surface area contributed by atoms with Crippen LogP contribution in [0.25, 0.3) is 0 Å². The van der Waals surface area contributed by atoms with Crippen LogP contribution in [0.2, 0.25) is 0 Å². The third-order valence-corrected chi connectivity index (χ3v) is 4.73. The maximum Gasteiger partial charge on any atom is 0.309 e. The van der Waals surface area contributed by atoms with Gasteiger partial charge in [0.05, 0.1) is 11.3 Å². The Bertz CT molecular complexity index is 628. The number of nitrogens with one attached hydrogen (secondary N) is 1. The van der Waals surface area contributed by atoms with E-state index in [-0.39, 0.29) is 17.7 Å². The fourth-order valence-corrected chi connectivity index (χ4v) is 2.89. The Hall–Kier alpha value is -2.37. The molecule has 25 heavy (non-hydrogen) atoms. The molecule has 1 aliphatic rings. The lowest BCUT2D eigenvalue weighted by Crippen LogP contribution is -2.46. The van der Waals surface area contributed by atoms with Gasteiger partial charge in [-0.2, -0.15) is 0 Å². The van der Waals surface area contributed by atoms with Gasteiger partial charge in [0.1, 0.15) is 0 Å². The summed E-state index contributed by atoms with van der Waals surface area (Å²) in [5.41, 5.74) is -0.235. The first-order valence-electron chi connectivity index (χ1n) is 8.67. The van der Waals surface area contributed by atoms with Gasteiger partial charge in [-0.25, -0.2) is 0 Å². The molecule has 1 aliphatic heterocycles. The summed E-state index contributed by atoms with van der Waals surface area (Å²) in [6, 6.07) is 9.07. The van der Waals surface area contributed by atoms with Crippen LogP contribution in [0.15, 0.2) is 30.3 Å². The standard InChI is InChI=1S/C19H26N2O4/c1-19(2,18(24)25)10-11-20-16(22)15-9-6-12-21(13-15)17(23)14-7-4-3-5-8-14/h3-5,7-8,15H,6,9-13H2,1-2H3,(H,20,22)(H,24,25). The van der Waals surface area contributed by atoms with Gasteiger partial charge >= 0.3 is 5.97 Å². The highest BCUT2D eigenvalue weighted by molar-refractivity contribution is 5.94. The van der Waals surface area contributed by atoms with Crippen LogP contribution in [0.3, 0.4) is 0 Å². The molecule has 0 spiro atoms. The molecule has 2 rings (SSSR count). The molecule has 1 saturated heterocycles. The van der Waals surface area contributed by atoms with E-state index in [1.807, 2.05) is 18.2 Å². The molecule has 0 aliphatic carbocycles. The Balaban J connectivity index is 1.87. The zero-order chi connectivity index (χ0) is 18.4. The predicted octanol–water partition coefficient (Wildman–Crippen LogP) is 2.16. The molecular weight excluding hydrogens is 320 g/mol. The normalized spacial score (nSPS) is 17.8. The highest BCUT2D eigenvalue weighted by Crippen LogP contribution is 2.21. The topological polar surface area (TPSA) is 86.7 Å². The first kappa shape index (κ1) is 19.0. The van der Waals surface area contributed by atoms with E-state index in [0.717, 1.165) is 12.8 Å². The number of amides is 2. The molecule has 1 heterocycles. The summed E-state index contributed by atoms with van der Waals surface area (Å²) in [6.45, 7) is 4.66. The second-order valence-corrected chi connectivity index (χ2v) is 7.19. The Morgan fingerprint density at radius 2 is 1.92 bits per heavy atom. The first-order chi connectivity index (χ1) is 11.8. The third-order valence-electron chi connectivity index (χ3n) is 4.73. The highest BCUT2D eigenvalue weighted by atomic mass is 16.4. The van der Waals surface area contributed by atoms with Crippen molar-refractivity contribution in [2.45, 2.75) is 33.1 Å². The third kappa shape index (κ3) is 5.05. The number of likely N-dealkylation sites (tertiary alicyclic amines) is 1. The number of carboxylic acids is 1. The van der Waals surface area contributed by atoms with Gasteiger partial charge in [-0.1, -0.05) is 18.2 Å². The van der Waals surface area contributed by atoms with Crippen molar-refractivity contribution in [3.63, 3.8) is 0 Å². The molecule has 1 atom stereocenters. The summed E-state index contributed by atoms with van der Waals surface area (Å²) in [6.07, 6.45) is 1.90. The van der Waals surface area contributed by atoms with Gasteiger partial charge in [0.15, 0.2) is 0 Å². The van der Waals surface area contributed by atoms with Gasteiger partial charge in [-0.3, -0.25) is 14.4 Å². The van der Waals surface area contributed by atoms with Crippen LogP contribution in [-0.4, -0.2) is 47.4 Å². The molecule has 0 radical (unpaired) electrons. The molecule has 1 fully saturated rings. The van der Waals surface area contributed by atoms with E-state index >= 15 is 0 Å². The van der Waals surface area contributed by atoms with Crippen LogP contribution in [-0.2, 0) is 9.59 Å². The minimum atomic E-state index is -0.876. The van der Waals surface area contributed by atoms with E-state index < -0.39 is 11.4 Å². The Kier molecular flexibility index (Phi) is 6.17. The van der Waals surface area contributed by atoms with Gasteiger partial charge in [-0.15, -0.1) is 0 Å². The largest absolute Gasteiger partial charge is 0.481 e. The summed E-state index contributed by atoms with van der Waals surface area (Å²) in [4.78, 5) is 37.7. The fraction of sp³-hybridized carbons (Fsp3) is 0.526. The molecule has 2 N–H and O–H groups in total. The molecule has 1 aromatic rings. The molecule has 1 unspecified atom stereocenters. The average molecular weight is 346 g/mol. The molecule has 0 bridgehead atoms. The van der Waals surface area contributed by atoms with E-state index in [0.29, 0.717) is 31.6 Å². The van der Waals surface area contributed by atoms with Crippen molar-refractivity contribution >= 4 is 17.8 Å². The second kappa shape index (κ2) is 8.14. The van der Waals surface area contributed by atoms with Gasteiger partial charge in [-0.05, 0) is 45.2 Å². The van der Waals surface area contributed by atoms with Crippen molar-refractivity contribution in [3.05, 3.63) is 35.9 Å². The van der Waals surface area contributed by atoms with Crippen molar-refractivity contribution < 1.29 is 19.5 Å². The van der Waals surface area contributed by atoms with Crippen LogP contribution < -0.4 is 5.32 Å². The quantitative estimate of drug-likeness (QED) is 0.826. The van der Waals surface area contributed by atoms with Crippen LogP contribution in [0.1, 0.15) is 43.5 Å². The van der Waals surface area contributed by atoms with Crippen molar-refractivity contribution in [2.24, 2.45) is 11.3 Å².